The highest BCUT2D eigenvalue weighted by Gasteiger charge is 2.31. The highest BCUT2D eigenvalue weighted by Crippen LogP contribution is 2.19. The number of carbonyl (C=O) groups excluding carboxylic acids is 2. The van der Waals surface area contributed by atoms with Gasteiger partial charge in [0.25, 0.3) is 11.8 Å². The quantitative estimate of drug-likeness (QED) is 0.710. The molecule has 29 heavy (non-hydrogen) atoms. The van der Waals surface area contributed by atoms with Crippen molar-refractivity contribution >= 4 is 21.8 Å². The maximum Gasteiger partial charge on any atom is 0.253 e. The minimum atomic E-state index is -3.58. The molecule has 0 radical (unpaired) electrons. The third kappa shape index (κ3) is 4.62. The molecule has 1 unspecified atom stereocenters. The first-order chi connectivity index (χ1) is 13.7. The SMILES string of the molecule is CC(C)N(C)S(=O)(=O)c1ccc(C(=O)N2CCN(C(=O)C3CCCO3)CC2)cc1. The molecule has 2 aliphatic heterocycles. The predicted molar refractivity (Wildman–Crippen MR) is 108 cm³/mol. The summed E-state index contributed by atoms with van der Waals surface area (Å²) in [4.78, 5) is 28.8. The van der Waals surface area contributed by atoms with Crippen LogP contribution < -0.4 is 0 Å². The molecule has 9 heteroatoms. The van der Waals surface area contributed by atoms with Gasteiger partial charge in [0.1, 0.15) is 6.10 Å². The van der Waals surface area contributed by atoms with Crippen molar-refractivity contribution in [2.75, 3.05) is 39.8 Å². The van der Waals surface area contributed by atoms with Crippen LogP contribution in [0.15, 0.2) is 29.2 Å². The lowest BCUT2D eigenvalue weighted by molar-refractivity contribution is -0.142. The van der Waals surface area contributed by atoms with Crippen LogP contribution in [0.4, 0.5) is 0 Å². The Kier molecular flexibility index (Phi) is 6.60. The summed E-state index contributed by atoms with van der Waals surface area (Å²) < 4.78 is 31.9. The van der Waals surface area contributed by atoms with Crippen LogP contribution in [-0.2, 0) is 19.6 Å². The molecule has 0 N–H and O–H groups in total. The van der Waals surface area contributed by atoms with Crippen molar-refractivity contribution in [1.29, 1.82) is 0 Å². The molecular weight excluding hydrogens is 394 g/mol. The van der Waals surface area contributed by atoms with Gasteiger partial charge >= 0.3 is 0 Å². The van der Waals surface area contributed by atoms with Crippen LogP contribution in [0.25, 0.3) is 0 Å². The molecule has 3 rings (SSSR count). The summed E-state index contributed by atoms with van der Waals surface area (Å²) in [5, 5.41) is 0. The summed E-state index contributed by atoms with van der Waals surface area (Å²) in [6.45, 7) is 6.11. The molecule has 160 valence electrons. The number of amides is 2. The van der Waals surface area contributed by atoms with Gasteiger partial charge < -0.3 is 14.5 Å². The van der Waals surface area contributed by atoms with Crippen molar-refractivity contribution in [3.8, 4) is 0 Å². The molecule has 2 saturated heterocycles. The van der Waals surface area contributed by atoms with Crippen LogP contribution >= 0.6 is 0 Å². The summed E-state index contributed by atoms with van der Waals surface area (Å²) in [5.74, 6) is -0.145. The Balaban J connectivity index is 1.61. The average Bonchev–Trinajstić information content (AvgIpc) is 3.27. The van der Waals surface area contributed by atoms with Crippen molar-refractivity contribution in [3.05, 3.63) is 29.8 Å². The van der Waals surface area contributed by atoms with Crippen LogP contribution in [0.2, 0.25) is 0 Å². The molecule has 2 heterocycles. The second kappa shape index (κ2) is 8.81. The molecule has 2 fully saturated rings. The number of rotatable bonds is 5. The van der Waals surface area contributed by atoms with E-state index in [1.807, 2.05) is 0 Å². The number of sulfonamides is 1. The highest BCUT2D eigenvalue weighted by atomic mass is 32.2. The fraction of sp³-hybridized carbons (Fsp3) is 0.600. The maximum absolute atomic E-state index is 12.8. The minimum absolute atomic E-state index is 0.0124. The van der Waals surface area contributed by atoms with E-state index in [0.29, 0.717) is 38.3 Å². The number of piperazine rings is 1. The van der Waals surface area contributed by atoms with E-state index in [1.165, 1.54) is 23.5 Å². The maximum atomic E-state index is 12.8. The molecule has 2 amide bonds. The minimum Gasteiger partial charge on any atom is -0.368 e. The lowest BCUT2D eigenvalue weighted by atomic mass is 10.1. The van der Waals surface area contributed by atoms with Crippen LogP contribution in [0.3, 0.4) is 0 Å². The number of ether oxygens (including phenoxy) is 1. The van der Waals surface area contributed by atoms with E-state index in [1.54, 1.807) is 35.8 Å². The fourth-order valence-corrected chi connectivity index (χ4v) is 4.87. The molecule has 0 bridgehead atoms. The fourth-order valence-electron chi connectivity index (χ4n) is 3.50. The molecule has 1 aromatic carbocycles. The van der Waals surface area contributed by atoms with Gasteiger partial charge in [-0.1, -0.05) is 0 Å². The Morgan fingerprint density at radius 1 is 1.07 bits per heavy atom. The molecule has 0 aliphatic carbocycles. The van der Waals surface area contributed by atoms with Gasteiger partial charge in [0, 0.05) is 51.4 Å². The van der Waals surface area contributed by atoms with Gasteiger partial charge in [0.05, 0.1) is 4.90 Å². The topological polar surface area (TPSA) is 87.2 Å². The van der Waals surface area contributed by atoms with Crippen molar-refractivity contribution in [3.63, 3.8) is 0 Å². The summed E-state index contributed by atoms with van der Waals surface area (Å²) in [7, 11) is -2.04. The van der Waals surface area contributed by atoms with Gasteiger partial charge in [-0.25, -0.2) is 8.42 Å². The Morgan fingerprint density at radius 3 is 2.17 bits per heavy atom. The lowest BCUT2D eigenvalue weighted by Crippen LogP contribution is -2.52. The second-order valence-electron chi connectivity index (χ2n) is 7.76. The molecule has 1 atom stereocenters. The van der Waals surface area contributed by atoms with E-state index < -0.39 is 10.0 Å². The van der Waals surface area contributed by atoms with Crippen molar-refractivity contribution in [2.24, 2.45) is 0 Å². The van der Waals surface area contributed by atoms with E-state index in [0.717, 1.165) is 12.8 Å². The van der Waals surface area contributed by atoms with Crippen LogP contribution in [0, 0.1) is 0 Å². The standard InChI is InChI=1S/C20H29N3O5S/c1-15(2)21(3)29(26,27)17-8-6-16(7-9-17)19(24)22-10-12-23(13-11-22)20(25)18-5-4-14-28-18/h6-9,15,18H,4-5,10-14H2,1-3H3. The smallest absolute Gasteiger partial charge is 0.253 e. The summed E-state index contributed by atoms with van der Waals surface area (Å²) in [6, 6.07) is 5.88. The third-order valence-corrected chi connectivity index (χ3v) is 7.64. The van der Waals surface area contributed by atoms with Gasteiger partial charge in [-0.15, -0.1) is 0 Å². The molecule has 1 aromatic rings. The zero-order chi connectivity index (χ0) is 21.2. The van der Waals surface area contributed by atoms with Crippen molar-refractivity contribution < 1.29 is 22.7 Å². The number of benzene rings is 1. The zero-order valence-corrected chi connectivity index (χ0v) is 18.0. The summed E-state index contributed by atoms with van der Waals surface area (Å²) in [5.41, 5.74) is 0.440. The first kappa shape index (κ1) is 21.7. The van der Waals surface area contributed by atoms with E-state index in [-0.39, 0.29) is 28.9 Å². The number of nitrogens with zero attached hydrogens (tertiary/aromatic N) is 3. The molecule has 0 spiro atoms. The molecule has 0 saturated carbocycles. The van der Waals surface area contributed by atoms with E-state index >= 15 is 0 Å². The number of hydrogen-bond acceptors (Lipinski definition) is 5. The van der Waals surface area contributed by atoms with Crippen molar-refractivity contribution in [1.82, 2.24) is 14.1 Å². The first-order valence-electron chi connectivity index (χ1n) is 9.99. The van der Waals surface area contributed by atoms with Crippen molar-refractivity contribution in [2.45, 2.75) is 43.7 Å². The monoisotopic (exact) mass is 423 g/mol. The Morgan fingerprint density at radius 2 is 1.66 bits per heavy atom. The largest absolute Gasteiger partial charge is 0.368 e. The summed E-state index contributed by atoms with van der Waals surface area (Å²) in [6.07, 6.45) is 1.34. The van der Waals surface area contributed by atoms with Gasteiger partial charge in [-0.2, -0.15) is 4.31 Å². The Bertz CT molecular complexity index is 839. The van der Waals surface area contributed by atoms with Crippen LogP contribution in [0.1, 0.15) is 37.0 Å². The normalized spacial score (nSPS) is 20.5. The second-order valence-corrected chi connectivity index (χ2v) is 9.76. The van der Waals surface area contributed by atoms with Gasteiger partial charge in [0.15, 0.2) is 0 Å². The third-order valence-electron chi connectivity index (χ3n) is 5.59. The van der Waals surface area contributed by atoms with E-state index in [2.05, 4.69) is 0 Å². The predicted octanol–water partition coefficient (Wildman–Crippen LogP) is 1.18. The van der Waals surface area contributed by atoms with Crippen LogP contribution in [-0.4, -0.2) is 86.3 Å². The van der Waals surface area contributed by atoms with Crippen LogP contribution in [0.5, 0.6) is 0 Å². The lowest BCUT2D eigenvalue weighted by Gasteiger charge is -2.35. The molecule has 8 nitrogen and oxygen atoms in total. The Hall–Kier alpha value is -1.97. The van der Waals surface area contributed by atoms with Gasteiger partial charge in [-0.05, 0) is 51.0 Å². The van der Waals surface area contributed by atoms with E-state index in [9.17, 15) is 18.0 Å². The number of hydrogen-bond donors (Lipinski definition) is 0. The van der Waals surface area contributed by atoms with E-state index in [4.69, 9.17) is 4.74 Å². The van der Waals surface area contributed by atoms with Gasteiger partial charge in [0.2, 0.25) is 10.0 Å². The number of carbonyl (C=O) groups is 2. The molecule has 0 aromatic heterocycles. The highest BCUT2D eigenvalue weighted by molar-refractivity contribution is 7.89. The average molecular weight is 424 g/mol. The van der Waals surface area contributed by atoms with Gasteiger partial charge in [-0.3, -0.25) is 9.59 Å². The molecular formula is C20H29N3O5S. The first-order valence-corrected chi connectivity index (χ1v) is 11.4. The zero-order valence-electron chi connectivity index (χ0n) is 17.2. The summed E-state index contributed by atoms with van der Waals surface area (Å²) >= 11 is 0. The Labute approximate surface area is 172 Å². The molecule has 2 aliphatic rings.